The van der Waals surface area contributed by atoms with Gasteiger partial charge < -0.3 is 10.1 Å². The second-order valence-electron chi connectivity index (χ2n) is 4.13. The fourth-order valence-electron chi connectivity index (χ4n) is 1.73. The van der Waals surface area contributed by atoms with E-state index in [4.69, 9.17) is 21.6 Å². The van der Waals surface area contributed by atoms with Crippen molar-refractivity contribution in [3.05, 3.63) is 52.5 Å². The van der Waals surface area contributed by atoms with E-state index in [-0.39, 0.29) is 0 Å². The molecule has 0 bridgehead atoms. The summed E-state index contributed by atoms with van der Waals surface area (Å²) >= 11 is 6.14. The molecule has 0 atom stereocenters. The minimum absolute atomic E-state index is 0.574. The van der Waals surface area contributed by atoms with Gasteiger partial charge in [0.15, 0.2) is 0 Å². The molecule has 4 heteroatoms. The van der Waals surface area contributed by atoms with Gasteiger partial charge in [0.25, 0.3) is 0 Å². The number of nitriles is 1. The largest absolute Gasteiger partial charge is 0.497 e. The molecule has 0 amide bonds. The van der Waals surface area contributed by atoms with Gasteiger partial charge in [0.05, 0.1) is 29.1 Å². The summed E-state index contributed by atoms with van der Waals surface area (Å²) in [6.45, 7) is 1.97. The zero-order valence-electron chi connectivity index (χ0n) is 10.7. The Kier molecular flexibility index (Phi) is 3.94. The van der Waals surface area contributed by atoms with Crippen LogP contribution in [0.1, 0.15) is 11.1 Å². The van der Waals surface area contributed by atoms with Gasteiger partial charge in [-0.3, -0.25) is 0 Å². The van der Waals surface area contributed by atoms with Crippen LogP contribution in [0.5, 0.6) is 5.75 Å². The molecule has 19 heavy (non-hydrogen) atoms. The molecule has 0 spiro atoms. The Balaban J connectivity index is 2.41. The van der Waals surface area contributed by atoms with E-state index in [1.165, 1.54) is 0 Å². The van der Waals surface area contributed by atoms with Crippen LogP contribution >= 0.6 is 11.6 Å². The Morgan fingerprint density at radius 1 is 1.16 bits per heavy atom. The van der Waals surface area contributed by atoms with E-state index >= 15 is 0 Å². The Labute approximate surface area is 117 Å². The van der Waals surface area contributed by atoms with E-state index in [0.29, 0.717) is 22.0 Å². The van der Waals surface area contributed by atoms with Crippen molar-refractivity contribution < 1.29 is 4.74 Å². The first-order chi connectivity index (χ1) is 9.13. The third-order valence-electron chi connectivity index (χ3n) is 2.74. The molecule has 2 aromatic carbocycles. The average molecular weight is 273 g/mol. The normalized spacial score (nSPS) is 9.79. The smallest absolute Gasteiger partial charge is 0.121 e. The van der Waals surface area contributed by atoms with Crippen molar-refractivity contribution in [1.29, 1.82) is 5.26 Å². The lowest BCUT2D eigenvalue weighted by Gasteiger charge is -2.12. The number of rotatable bonds is 3. The second-order valence-corrected chi connectivity index (χ2v) is 4.54. The van der Waals surface area contributed by atoms with E-state index in [2.05, 4.69) is 11.4 Å². The molecule has 2 aromatic rings. The van der Waals surface area contributed by atoms with E-state index in [1.54, 1.807) is 31.4 Å². The van der Waals surface area contributed by atoms with Crippen LogP contribution in [0.15, 0.2) is 36.4 Å². The van der Waals surface area contributed by atoms with Gasteiger partial charge >= 0.3 is 0 Å². The van der Waals surface area contributed by atoms with Crippen molar-refractivity contribution in [3.8, 4) is 11.8 Å². The fraction of sp³-hybridized carbons (Fsp3) is 0.133. The number of benzene rings is 2. The van der Waals surface area contributed by atoms with Gasteiger partial charge in [0.2, 0.25) is 0 Å². The summed E-state index contributed by atoms with van der Waals surface area (Å²) < 4.78 is 5.16. The topological polar surface area (TPSA) is 45.0 Å². The van der Waals surface area contributed by atoms with Crippen LogP contribution in [0.3, 0.4) is 0 Å². The summed E-state index contributed by atoms with van der Waals surface area (Å²) in [7, 11) is 1.60. The first-order valence-electron chi connectivity index (χ1n) is 5.75. The average Bonchev–Trinajstić information content (AvgIpc) is 2.41. The SMILES string of the molecule is COc1ccc(Cl)c(Nc2cc(C)ccc2C#N)c1. The number of hydrogen-bond donors (Lipinski definition) is 1. The molecule has 0 saturated carbocycles. The molecular formula is C15H13ClN2O. The van der Waals surface area contributed by atoms with Gasteiger partial charge in [0.1, 0.15) is 11.8 Å². The summed E-state index contributed by atoms with van der Waals surface area (Å²) in [6.07, 6.45) is 0. The van der Waals surface area contributed by atoms with Crippen LogP contribution in [0.4, 0.5) is 11.4 Å². The lowest BCUT2D eigenvalue weighted by Crippen LogP contribution is -1.96. The van der Waals surface area contributed by atoms with E-state index < -0.39 is 0 Å². The molecule has 0 aliphatic heterocycles. The maximum absolute atomic E-state index is 9.11. The number of nitrogens with one attached hydrogen (secondary N) is 1. The first kappa shape index (κ1) is 13.3. The molecule has 0 heterocycles. The summed E-state index contributed by atoms with van der Waals surface area (Å²) in [4.78, 5) is 0. The molecule has 0 aliphatic carbocycles. The molecule has 0 aromatic heterocycles. The molecule has 1 N–H and O–H groups in total. The van der Waals surface area contributed by atoms with Crippen molar-refractivity contribution >= 4 is 23.0 Å². The van der Waals surface area contributed by atoms with Gasteiger partial charge in [-0.05, 0) is 36.8 Å². The Bertz CT molecular complexity index is 647. The van der Waals surface area contributed by atoms with Crippen LogP contribution < -0.4 is 10.1 Å². The van der Waals surface area contributed by atoms with Crippen LogP contribution in [0.2, 0.25) is 5.02 Å². The summed E-state index contributed by atoms with van der Waals surface area (Å²) in [6, 6.07) is 13.1. The Morgan fingerprint density at radius 3 is 2.63 bits per heavy atom. The number of methoxy groups -OCH3 is 1. The predicted octanol–water partition coefficient (Wildman–Crippen LogP) is 4.27. The molecule has 0 aliphatic rings. The van der Waals surface area contributed by atoms with Crippen molar-refractivity contribution in [2.75, 3.05) is 12.4 Å². The maximum Gasteiger partial charge on any atom is 0.121 e. The van der Waals surface area contributed by atoms with Gasteiger partial charge in [-0.15, -0.1) is 0 Å². The van der Waals surface area contributed by atoms with Crippen molar-refractivity contribution in [3.63, 3.8) is 0 Å². The van der Waals surface area contributed by atoms with Crippen LogP contribution in [-0.2, 0) is 0 Å². The molecule has 2 rings (SSSR count). The van der Waals surface area contributed by atoms with Crippen LogP contribution in [0, 0.1) is 18.3 Å². The van der Waals surface area contributed by atoms with Gasteiger partial charge in [-0.25, -0.2) is 0 Å². The number of hydrogen-bond acceptors (Lipinski definition) is 3. The number of halogens is 1. The monoisotopic (exact) mass is 272 g/mol. The molecular weight excluding hydrogens is 260 g/mol. The Hall–Kier alpha value is -2.18. The van der Waals surface area contributed by atoms with E-state index in [9.17, 15) is 0 Å². The second kappa shape index (κ2) is 5.64. The van der Waals surface area contributed by atoms with E-state index in [0.717, 1.165) is 11.3 Å². The lowest BCUT2D eigenvalue weighted by molar-refractivity contribution is 0.415. The molecule has 0 radical (unpaired) electrons. The van der Waals surface area contributed by atoms with Crippen molar-refractivity contribution in [2.24, 2.45) is 0 Å². The lowest BCUT2D eigenvalue weighted by atomic mass is 10.1. The third kappa shape index (κ3) is 2.98. The maximum atomic E-state index is 9.11. The van der Waals surface area contributed by atoms with Gasteiger partial charge in [0, 0.05) is 6.07 Å². The number of aryl methyl sites for hydroxylation is 1. The molecule has 0 unspecified atom stereocenters. The highest BCUT2D eigenvalue weighted by Crippen LogP contribution is 2.30. The molecule has 0 fully saturated rings. The minimum Gasteiger partial charge on any atom is -0.497 e. The third-order valence-corrected chi connectivity index (χ3v) is 3.07. The summed E-state index contributed by atoms with van der Waals surface area (Å²) in [5, 5.41) is 12.9. The number of anilines is 2. The van der Waals surface area contributed by atoms with Crippen molar-refractivity contribution in [2.45, 2.75) is 6.92 Å². The highest BCUT2D eigenvalue weighted by Gasteiger charge is 2.07. The number of ether oxygens (including phenoxy) is 1. The predicted molar refractivity (Wildman–Crippen MR) is 77.2 cm³/mol. The summed E-state index contributed by atoms with van der Waals surface area (Å²) in [5.41, 5.74) is 3.09. The van der Waals surface area contributed by atoms with Crippen LogP contribution in [0.25, 0.3) is 0 Å². The quantitative estimate of drug-likeness (QED) is 0.907. The van der Waals surface area contributed by atoms with Gasteiger partial charge in [-0.2, -0.15) is 5.26 Å². The highest BCUT2D eigenvalue weighted by molar-refractivity contribution is 6.33. The van der Waals surface area contributed by atoms with Gasteiger partial charge in [-0.1, -0.05) is 17.7 Å². The molecule has 3 nitrogen and oxygen atoms in total. The zero-order chi connectivity index (χ0) is 13.8. The molecule has 96 valence electrons. The van der Waals surface area contributed by atoms with Crippen molar-refractivity contribution in [1.82, 2.24) is 0 Å². The number of nitrogens with zero attached hydrogens (tertiary/aromatic N) is 1. The van der Waals surface area contributed by atoms with Crippen LogP contribution in [-0.4, -0.2) is 7.11 Å². The standard InChI is InChI=1S/C15H13ClN2O/c1-10-3-4-11(9-17)14(7-10)18-15-8-12(19-2)5-6-13(15)16/h3-8,18H,1-2H3. The van der Waals surface area contributed by atoms with E-state index in [1.807, 2.05) is 19.1 Å². The first-order valence-corrected chi connectivity index (χ1v) is 6.13. The minimum atomic E-state index is 0.574. The summed E-state index contributed by atoms with van der Waals surface area (Å²) in [5.74, 6) is 0.707. The highest BCUT2D eigenvalue weighted by atomic mass is 35.5. The Morgan fingerprint density at radius 2 is 1.95 bits per heavy atom. The zero-order valence-corrected chi connectivity index (χ0v) is 11.5. The molecule has 0 saturated heterocycles. The fourth-order valence-corrected chi connectivity index (χ4v) is 1.90.